The second-order valence-corrected chi connectivity index (χ2v) is 4.20. The number of terminal acetylenes is 1. The molecule has 21 heavy (non-hydrogen) atoms. The Morgan fingerprint density at radius 2 is 2.19 bits per heavy atom. The number of halogens is 2. The minimum atomic E-state index is -0.419. The lowest BCUT2D eigenvalue weighted by atomic mass is 10.3. The van der Waals surface area contributed by atoms with Crippen molar-refractivity contribution in [2.24, 2.45) is 0 Å². The van der Waals surface area contributed by atoms with E-state index in [4.69, 9.17) is 6.42 Å². The van der Waals surface area contributed by atoms with E-state index >= 15 is 0 Å². The van der Waals surface area contributed by atoms with Gasteiger partial charge >= 0.3 is 0 Å². The number of alkyl halides is 1. The Labute approximate surface area is 121 Å². The maximum absolute atomic E-state index is 13.1. The molecule has 0 atom stereocenters. The monoisotopic (exact) mass is 288 g/mol. The highest BCUT2D eigenvalue weighted by Gasteiger charge is 2.06. The summed E-state index contributed by atoms with van der Waals surface area (Å²) in [6, 6.07) is 5.94. The summed E-state index contributed by atoms with van der Waals surface area (Å²) in [5, 5.41) is 5.84. The Balaban J connectivity index is 2.17. The second kappa shape index (κ2) is 7.20. The van der Waals surface area contributed by atoms with Crippen molar-refractivity contribution in [2.45, 2.75) is 6.42 Å². The lowest BCUT2D eigenvalue weighted by molar-refractivity contribution is 0.481. The first kappa shape index (κ1) is 14.7. The summed E-state index contributed by atoms with van der Waals surface area (Å²) in [6.07, 6.45) is 7.20. The molecule has 0 spiro atoms. The molecule has 0 aliphatic heterocycles. The van der Waals surface area contributed by atoms with Crippen LogP contribution >= 0.6 is 0 Å². The van der Waals surface area contributed by atoms with E-state index in [1.54, 1.807) is 12.1 Å². The molecule has 2 aromatic rings. The van der Waals surface area contributed by atoms with Gasteiger partial charge in [-0.15, -0.1) is 6.42 Å². The molecule has 2 rings (SSSR count). The normalized spacial score (nSPS) is 9.95. The van der Waals surface area contributed by atoms with E-state index in [9.17, 15) is 8.78 Å². The Hall–Kier alpha value is -2.68. The van der Waals surface area contributed by atoms with Gasteiger partial charge in [-0.1, -0.05) is 12.0 Å². The number of nitrogens with one attached hydrogen (secondary N) is 2. The molecule has 0 radical (unpaired) electrons. The van der Waals surface area contributed by atoms with Gasteiger partial charge in [0.2, 0.25) is 5.95 Å². The highest BCUT2D eigenvalue weighted by Crippen LogP contribution is 2.17. The van der Waals surface area contributed by atoms with Gasteiger partial charge in [0, 0.05) is 12.2 Å². The van der Waals surface area contributed by atoms with Crippen molar-refractivity contribution < 1.29 is 8.78 Å². The van der Waals surface area contributed by atoms with Gasteiger partial charge in [-0.3, -0.25) is 4.39 Å². The van der Waals surface area contributed by atoms with Gasteiger partial charge in [0.25, 0.3) is 0 Å². The maximum Gasteiger partial charge on any atom is 0.229 e. The summed E-state index contributed by atoms with van der Waals surface area (Å²) < 4.78 is 25.2. The SMILES string of the molecule is C#Cc1cnc(Nc2cccc(F)c2)nc1NCCCF. The molecule has 108 valence electrons. The van der Waals surface area contributed by atoms with E-state index in [1.165, 1.54) is 18.3 Å². The van der Waals surface area contributed by atoms with Crippen LogP contribution in [-0.2, 0) is 0 Å². The molecule has 0 amide bonds. The largest absolute Gasteiger partial charge is 0.369 e. The fraction of sp³-hybridized carbons (Fsp3) is 0.200. The van der Waals surface area contributed by atoms with Crippen molar-refractivity contribution in [3.05, 3.63) is 41.8 Å². The second-order valence-electron chi connectivity index (χ2n) is 4.20. The minimum Gasteiger partial charge on any atom is -0.369 e. The highest BCUT2D eigenvalue weighted by atomic mass is 19.1. The molecule has 6 heteroatoms. The Bertz CT molecular complexity index is 652. The van der Waals surface area contributed by atoms with E-state index in [2.05, 4.69) is 26.5 Å². The first-order valence-electron chi connectivity index (χ1n) is 6.39. The van der Waals surface area contributed by atoms with Crippen molar-refractivity contribution in [3.63, 3.8) is 0 Å². The highest BCUT2D eigenvalue weighted by molar-refractivity contribution is 5.59. The predicted molar refractivity (Wildman–Crippen MR) is 78.7 cm³/mol. The van der Waals surface area contributed by atoms with Crippen LogP contribution in [0, 0.1) is 18.2 Å². The molecule has 0 bridgehead atoms. The van der Waals surface area contributed by atoms with Crippen LogP contribution in [0.2, 0.25) is 0 Å². The van der Waals surface area contributed by atoms with Crippen molar-refractivity contribution in [2.75, 3.05) is 23.9 Å². The van der Waals surface area contributed by atoms with E-state index < -0.39 is 6.67 Å². The zero-order valence-electron chi connectivity index (χ0n) is 11.2. The molecule has 2 N–H and O–H groups in total. The number of hydrogen-bond acceptors (Lipinski definition) is 4. The summed E-state index contributed by atoms with van der Waals surface area (Å²) >= 11 is 0. The third-order valence-electron chi connectivity index (χ3n) is 2.63. The molecule has 0 aliphatic carbocycles. The van der Waals surface area contributed by atoms with E-state index in [0.29, 0.717) is 30.0 Å². The van der Waals surface area contributed by atoms with E-state index in [1.807, 2.05) is 0 Å². The van der Waals surface area contributed by atoms with Crippen LogP contribution in [0.15, 0.2) is 30.5 Å². The van der Waals surface area contributed by atoms with Crippen LogP contribution < -0.4 is 10.6 Å². The van der Waals surface area contributed by atoms with Crippen LogP contribution in [0.25, 0.3) is 0 Å². The topological polar surface area (TPSA) is 49.8 Å². The fourth-order valence-electron chi connectivity index (χ4n) is 1.65. The van der Waals surface area contributed by atoms with Gasteiger partial charge in [-0.2, -0.15) is 4.98 Å². The summed E-state index contributed by atoms with van der Waals surface area (Å²) in [5.74, 6) is 2.82. The van der Waals surface area contributed by atoms with Crippen molar-refractivity contribution in [1.29, 1.82) is 0 Å². The molecule has 1 aromatic heterocycles. The van der Waals surface area contributed by atoms with Gasteiger partial charge in [0.1, 0.15) is 11.6 Å². The molecule has 0 saturated heterocycles. The summed E-state index contributed by atoms with van der Waals surface area (Å²) in [6.45, 7) is -0.000527. The minimum absolute atomic E-state index is 0.280. The molecule has 0 aliphatic rings. The molecule has 1 heterocycles. The first-order chi connectivity index (χ1) is 10.2. The fourth-order valence-corrected chi connectivity index (χ4v) is 1.65. The Kier molecular flexibility index (Phi) is 5.04. The molecule has 1 aromatic carbocycles. The number of rotatable bonds is 6. The standard InChI is InChI=1S/C15H14F2N4/c1-2-11-10-19-15(21-14(11)18-8-4-7-16)20-13-6-3-5-12(17)9-13/h1,3,5-6,9-10H,4,7-8H2,(H2,18,19,20,21). The smallest absolute Gasteiger partial charge is 0.229 e. The number of nitrogens with zero attached hydrogens (tertiary/aromatic N) is 2. The molecule has 0 saturated carbocycles. The third-order valence-corrected chi connectivity index (χ3v) is 2.63. The van der Waals surface area contributed by atoms with Gasteiger partial charge in [-0.05, 0) is 24.6 Å². The number of hydrogen-bond donors (Lipinski definition) is 2. The molecule has 0 unspecified atom stereocenters. The third kappa shape index (κ3) is 4.14. The first-order valence-corrected chi connectivity index (χ1v) is 6.39. The van der Waals surface area contributed by atoms with E-state index in [0.717, 1.165) is 0 Å². The Morgan fingerprint density at radius 3 is 2.90 bits per heavy atom. The van der Waals surface area contributed by atoms with Crippen LogP contribution in [-0.4, -0.2) is 23.2 Å². The van der Waals surface area contributed by atoms with Gasteiger partial charge in [0.15, 0.2) is 0 Å². The van der Waals surface area contributed by atoms with Crippen molar-refractivity contribution >= 4 is 17.5 Å². The number of anilines is 3. The van der Waals surface area contributed by atoms with E-state index in [-0.39, 0.29) is 11.8 Å². The maximum atomic E-state index is 13.1. The zero-order chi connectivity index (χ0) is 15.1. The molecular formula is C15H14F2N4. The van der Waals surface area contributed by atoms with Crippen molar-refractivity contribution in [1.82, 2.24) is 9.97 Å². The van der Waals surface area contributed by atoms with Gasteiger partial charge in [0.05, 0.1) is 18.4 Å². The van der Waals surface area contributed by atoms with Crippen molar-refractivity contribution in [3.8, 4) is 12.3 Å². The predicted octanol–water partition coefficient (Wildman–Crippen LogP) is 3.11. The average Bonchev–Trinajstić information content (AvgIpc) is 2.48. The summed E-state index contributed by atoms with van der Waals surface area (Å²) in [4.78, 5) is 8.28. The number of aromatic nitrogens is 2. The quantitative estimate of drug-likeness (QED) is 0.633. The molecule has 0 fully saturated rings. The van der Waals surface area contributed by atoms with Crippen LogP contribution in [0.5, 0.6) is 0 Å². The van der Waals surface area contributed by atoms with Gasteiger partial charge < -0.3 is 10.6 Å². The van der Waals surface area contributed by atoms with Crippen LogP contribution in [0.3, 0.4) is 0 Å². The molecule has 4 nitrogen and oxygen atoms in total. The van der Waals surface area contributed by atoms with Crippen LogP contribution in [0.4, 0.5) is 26.2 Å². The molecular weight excluding hydrogens is 274 g/mol. The average molecular weight is 288 g/mol. The lowest BCUT2D eigenvalue weighted by Crippen LogP contribution is -2.08. The van der Waals surface area contributed by atoms with Gasteiger partial charge in [-0.25, -0.2) is 9.37 Å². The lowest BCUT2D eigenvalue weighted by Gasteiger charge is -2.10. The zero-order valence-corrected chi connectivity index (χ0v) is 11.2. The summed E-state index contributed by atoms with van der Waals surface area (Å²) in [7, 11) is 0. The Morgan fingerprint density at radius 1 is 1.33 bits per heavy atom. The number of benzene rings is 1. The summed E-state index contributed by atoms with van der Waals surface area (Å²) in [5.41, 5.74) is 1.01. The van der Waals surface area contributed by atoms with Crippen LogP contribution in [0.1, 0.15) is 12.0 Å².